The van der Waals surface area contributed by atoms with Crippen molar-refractivity contribution in [3.63, 3.8) is 0 Å². The molecule has 0 saturated carbocycles. The Morgan fingerprint density at radius 3 is 2.60 bits per heavy atom. The van der Waals surface area contributed by atoms with E-state index in [0.717, 1.165) is 35.8 Å². The van der Waals surface area contributed by atoms with E-state index in [0.29, 0.717) is 6.54 Å². The lowest BCUT2D eigenvalue weighted by Crippen LogP contribution is -2.37. The van der Waals surface area contributed by atoms with Gasteiger partial charge in [-0.2, -0.15) is 0 Å². The molecular formula is C15H24ClN3O. The third-order valence-corrected chi connectivity index (χ3v) is 3.30. The number of nitrogens with zero attached hydrogens (tertiary/aromatic N) is 2. The van der Waals surface area contributed by atoms with Crippen molar-refractivity contribution in [2.45, 2.75) is 19.9 Å². The summed E-state index contributed by atoms with van der Waals surface area (Å²) in [7, 11) is 5.46. The van der Waals surface area contributed by atoms with Gasteiger partial charge in [0.1, 0.15) is 0 Å². The zero-order chi connectivity index (χ0) is 15.1. The molecule has 0 atom stereocenters. The molecule has 1 aromatic carbocycles. The summed E-state index contributed by atoms with van der Waals surface area (Å²) in [6.07, 6.45) is 0.988. The normalized spacial score (nSPS) is 10.4. The van der Waals surface area contributed by atoms with Crippen molar-refractivity contribution in [3.05, 3.63) is 28.8 Å². The fourth-order valence-electron chi connectivity index (χ4n) is 2.05. The summed E-state index contributed by atoms with van der Waals surface area (Å²) < 4.78 is 0. The van der Waals surface area contributed by atoms with Crippen LogP contribution < -0.4 is 10.2 Å². The summed E-state index contributed by atoms with van der Waals surface area (Å²) in [4.78, 5) is 15.7. The minimum atomic E-state index is 0.101. The second-order valence-corrected chi connectivity index (χ2v) is 5.45. The molecule has 112 valence electrons. The molecule has 1 aromatic rings. The predicted molar refractivity (Wildman–Crippen MR) is 85.4 cm³/mol. The van der Waals surface area contributed by atoms with Gasteiger partial charge in [-0.25, -0.2) is 0 Å². The highest BCUT2D eigenvalue weighted by Gasteiger charge is 2.15. The van der Waals surface area contributed by atoms with Crippen LogP contribution in [-0.2, 0) is 11.3 Å². The number of hydrogen-bond donors (Lipinski definition) is 1. The van der Waals surface area contributed by atoms with E-state index in [1.807, 2.05) is 25.2 Å². The van der Waals surface area contributed by atoms with Crippen LogP contribution in [0.15, 0.2) is 18.2 Å². The number of carbonyl (C=O) groups is 1. The van der Waals surface area contributed by atoms with Crippen molar-refractivity contribution in [2.24, 2.45) is 0 Å². The average molecular weight is 298 g/mol. The molecule has 1 amide bonds. The standard InChI is InChI=1S/C15H24ClN3O/c1-5-8-19(11-15(20)18(3)4)14-7-6-13(16)9-12(14)10-17-2/h6-7,9,17H,5,8,10-11H2,1-4H3. The Morgan fingerprint density at radius 1 is 1.35 bits per heavy atom. The first-order valence-corrected chi connectivity index (χ1v) is 7.25. The number of amides is 1. The van der Waals surface area contributed by atoms with Gasteiger partial charge >= 0.3 is 0 Å². The van der Waals surface area contributed by atoms with Gasteiger partial charge in [-0.15, -0.1) is 0 Å². The first-order valence-electron chi connectivity index (χ1n) is 6.87. The fourth-order valence-corrected chi connectivity index (χ4v) is 2.25. The number of anilines is 1. The van der Waals surface area contributed by atoms with Gasteiger partial charge in [-0.05, 0) is 37.2 Å². The molecule has 20 heavy (non-hydrogen) atoms. The van der Waals surface area contributed by atoms with Crippen LogP contribution in [0.4, 0.5) is 5.69 Å². The molecule has 1 rings (SSSR count). The van der Waals surface area contributed by atoms with Crippen LogP contribution in [0, 0.1) is 0 Å². The van der Waals surface area contributed by atoms with Gasteiger partial charge in [-0.1, -0.05) is 18.5 Å². The highest BCUT2D eigenvalue weighted by Crippen LogP contribution is 2.24. The van der Waals surface area contributed by atoms with E-state index >= 15 is 0 Å². The lowest BCUT2D eigenvalue weighted by Gasteiger charge is -2.27. The fraction of sp³-hybridized carbons (Fsp3) is 0.533. The molecule has 0 bridgehead atoms. The molecule has 0 aromatic heterocycles. The van der Waals surface area contributed by atoms with E-state index < -0.39 is 0 Å². The summed E-state index contributed by atoms with van der Waals surface area (Å²) in [5.74, 6) is 0.101. The number of benzene rings is 1. The van der Waals surface area contributed by atoms with Gasteiger partial charge < -0.3 is 15.1 Å². The topological polar surface area (TPSA) is 35.6 Å². The van der Waals surface area contributed by atoms with Gasteiger partial charge in [0.15, 0.2) is 0 Å². The van der Waals surface area contributed by atoms with Crippen LogP contribution in [0.3, 0.4) is 0 Å². The lowest BCUT2D eigenvalue weighted by atomic mass is 10.1. The maximum atomic E-state index is 12.0. The maximum absolute atomic E-state index is 12.0. The SMILES string of the molecule is CCCN(CC(=O)N(C)C)c1ccc(Cl)cc1CNC. The zero-order valence-electron chi connectivity index (χ0n) is 12.7. The Bertz CT molecular complexity index is 449. The van der Waals surface area contributed by atoms with E-state index in [2.05, 4.69) is 17.1 Å². The molecule has 5 heteroatoms. The molecule has 1 N–H and O–H groups in total. The molecule has 0 fully saturated rings. The Kier molecular flexibility index (Phi) is 6.82. The van der Waals surface area contributed by atoms with E-state index in [1.54, 1.807) is 19.0 Å². The van der Waals surface area contributed by atoms with E-state index in [4.69, 9.17) is 11.6 Å². The van der Waals surface area contributed by atoms with Crippen LogP contribution >= 0.6 is 11.6 Å². The van der Waals surface area contributed by atoms with Crippen LogP contribution in [0.5, 0.6) is 0 Å². The van der Waals surface area contributed by atoms with E-state index in [9.17, 15) is 4.79 Å². The summed E-state index contributed by atoms with van der Waals surface area (Å²) >= 11 is 6.07. The van der Waals surface area contributed by atoms with Crippen molar-refractivity contribution in [1.29, 1.82) is 0 Å². The predicted octanol–water partition coefficient (Wildman–Crippen LogP) is 2.36. The summed E-state index contributed by atoms with van der Waals surface area (Å²) in [5.41, 5.74) is 2.18. The smallest absolute Gasteiger partial charge is 0.241 e. The minimum Gasteiger partial charge on any atom is -0.362 e. The molecular weight excluding hydrogens is 274 g/mol. The van der Waals surface area contributed by atoms with Gasteiger partial charge in [0.05, 0.1) is 6.54 Å². The zero-order valence-corrected chi connectivity index (χ0v) is 13.5. The van der Waals surface area contributed by atoms with Gasteiger partial charge in [-0.3, -0.25) is 4.79 Å². The Morgan fingerprint density at radius 2 is 2.05 bits per heavy atom. The molecule has 0 aliphatic rings. The highest BCUT2D eigenvalue weighted by molar-refractivity contribution is 6.30. The van der Waals surface area contributed by atoms with Crippen LogP contribution in [0.25, 0.3) is 0 Å². The van der Waals surface area contributed by atoms with Crippen molar-refractivity contribution in [3.8, 4) is 0 Å². The minimum absolute atomic E-state index is 0.101. The Labute approximate surface area is 126 Å². The van der Waals surface area contributed by atoms with Gasteiger partial charge in [0, 0.05) is 37.9 Å². The summed E-state index contributed by atoms with van der Waals surface area (Å²) in [6.45, 7) is 4.07. The molecule has 0 aliphatic heterocycles. The number of nitrogens with one attached hydrogen (secondary N) is 1. The van der Waals surface area contributed by atoms with Gasteiger partial charge in [0.25, 0.3) is 0 Å². The van der Waals surface area contributed by atoms with Crippen molar-refractivity contribution in [1.82, 2.24) is 10.2 Å². The molecule has 0 heterocycles. The number of halogens is 1. The summed E-state index contributed by atoms with van der Waals surface area (Å²) in [5, 5.41) is 3.86. The van der Waals surface area contributed by atoms with Crippen molar-refractivity contribution in [2.75, 3.05) is 39.1 Å². The average Bonchev–Trinajstić information content (AvgIpc) is 2.38. The van der Waals surface area contributed by atoms with Crippen LogP contribution in [0.2, 0.25) is 5.02 Å². The third kappa shape index (κ3) is 4.69. The number of hydrogen-bond acceptors (Lipinski definition) is 3. The largest absolute Gasteiger partial charge is 0.362 e. The third-order valence-electron chi connectivity index (χ3n) is 3.07. The van der Waals surface area contributed by atoms with E-state index in [-0.39, 0.29) is 5.91 Å². The first-order chi connectivity index (χ1) is 9.49. The molecule has 0 spiro atoms. The monoisotopic (exact) mass is 297 g/mol. The first kappa shape index (κ1) is 16.8. The molecule has 0 radical (unpaired) electrons. The van der Waals surface area contributed by atoms with Crippen molar-refractivity contribution >= 4 is 23.2 Å². The maximum Gasteiger partial charge on any atom is 0.241 e. The lowest BCUT2D eigenvalue weighted by molar-refractivity contribution is -0.127. The Hall–Kier alpha value is -1.26. The second kappa shape index (κ2) is 8.12. The van der Waals surface area contributed by atoms with Gasteiger partial charge in [0.2, 0.25) is 5.91 Å². The number of carbonyl (C=O) groups excluding carboxylic acids is 1. The van der Waals surface area contributed by atoms with Crippen molar-refractivity contribution < 1.29 is 4.79 Å². The van der Waals surface area contributed by atoms with Crippen LogP contribution in [-0.4, -0.2) is 45.0 Å². The quantitative estimate of drug-likeness (QED) is 0.839. The number of likely N-dealkylation sites (N-methyl/N-ethyl adjacent to an activating group) is 1. The highest BCUT2D eigenvalue weighted by atomic mass is 35.5. The number of rotatable bonds is 7. The summed E-state index contributed by atoms with van der Waals surface area (Å²) in [6, 6.07) is 5.82. The van der Waals surface area contributed by atoms with Crippen LogP contribution in [0.1, 0.15) is 18.9 Å². The molecule has 0 aliphatic carbocycles. The molecule has 0 saturated heterocycles. The molecule has 0 unspecified atom stereocenters. The Balaban J connectivity index is 3.04. The van der Waals surface area contributed by atoms with E-state index in [1.165, 1.54) is 0 Å². The second-order valence-electron chi connectivity index (χ2n) is 5.01. The molecule has 4 nitrogen and oxygen atoms in total.